The molecule has 2 heterocycles. The van der Waals surface area contributed by atoms with Crippen molar-refractivity contribution in [3.8, 4) is 6.07 Å². The molecule has 4 rings (SSSR count). The predicted molar refractivity (Wildman–Crippen MR) is 108 cm³/mol. The zero-order chi connectivity index (χ0) is 18.6. The molecule has 140 valence electrons. The fourth-order valence-corrected chi connectivity index (χ4v) is 4.34. The molecule has 2 unspecified atom stereocenters. The number of benzene rings is 2. The summed E-state index contributed by atoms with van der Waals surface area (Å²) in [5.74, 6) is 0. The van der Waals surface area contributed by atoms with Gasteiger partial charge in [0.2, 0.25) is 0 Å². The molecule has 0 amide bonds. The first-order valence-electron chi connectivity index (χ1n) is 9.69. The lowest BCUT2D eigenvalue weighted by atomic mass is 9.90. The number of hydrogen-bond donors (Lipinski definition) is 1. The van der Waals surface area contributed by atoms with Gasteiger partial charge in [-0.3, -0.25) is 4.90 Å². The maximum Gasteiger partial charge on any atom is 0.101 e. The van der Waals surface area contributed by atoms with Crippen LogP contribution in [0, 0.1) is 11.3 Å². The van der Waals surface area contributed by atoms with Crippen LogP contribution >= 0.6 is 0 Å². The largest absolute Gasteiger partial charge is 0.398 e. The monoisotopic (exact) mass is 362 g/mol. The number of nitrogens with two attached hydrogens (primary N) is 1. The third-order valence-corrected chi connectivity index (χ3v) is 5.81. The van der Waals surface area contributed by atoms with E-state index in [9.17, 15) is 5.26 Å². The second-order valence-corrected chi connectivity index (χ2v) is 7.33. The number of rotatable bonds is 3. The summed E-state index contributed by atoms with van der Waals surface area (Å²) in [5, 5.41) is 9.37. The quantitative estimate of drug-likeness (QED) is 0.850. The van der Waals surface area contributed by atoms with Crippen LogP contribution in [0.2, 0.25) is 0 Å². The van der Waals surface area contributed by atoms with Crippen molar-refractivity contribution < 1.29 is 4.74 Å². The molecule has 2 aliphatic rings. The fourth-order valence-electron chi connectivity index (χ4n) is 4.34. The number of anilines is 2. The van der Waals surface area contributed by atoms with Crippen LogP contribution in [0.25, 0.3) is 0 Å². The minimum atomic E-state index is 0.294. The van der Waals surface area contributed by atoms with E-state index < -0.39 is 0 Å². The maximum absolute atomic E-state index is 9.37. The van der Waals surface area contributed by atoms with Crippen molar-refractivity contribution in [1.29, 1.82) is 5.26 Å². The Morgan fingerprint density at radius 1 is 1.04 bits per heavy atom. The summed E-state index contributed by atoms with van der Waals surface area (Å²) < 4.78 is 5.53. The van der Waals surface area contributed by atoms with Crippen LogP contribution in [-0.4, -0.2) is 43.8 Å². The molecule has 2 N–H and O–H groups in total. The van der Waals surface area contributed by atoms with E-state index >= 15 is 0 Å². The van der Waals surface area contributed by atoms with E-state index in [0.29, 0.717) is 23.3 Å². The first kappa shape index (κ1) is 17.8. The Morgan fingerprint density at radius 2 is 1.81 bits per heavy atom. The topological polar surface area (TPSA) is 65.5 Å². The van der Waals surface area contributed by atoms with Crippen LogP contribution in [0.3, 0.4) is 0 Å². The Bertz CT molecular complexity index is 811. The van der Waals surface area contributed by atoms with E-state index in [2.05, 4.69) is 46.2 Å². The summed E-state index contributed by atoms with van der Waals surface area (Å²) in [7, 11) is 0. The van der Waals surface area contributed by atoms with Crippen LogP contribution < -0.4 is 10.6 Å². The standard InChI is InChI=1S/C22H26N4O/c23-16-18-14-20(6-7-21(18)24)26-9-8-19(25-10-12-27-13-11-25)15-22(26)17-4-2-1-3-5-17/h1-7,14,19,22H,8-13,15,24H2. The lowest BCUT2D eigenvalue weighted by molar-refractivity contribution is 0.00838. The van der Waals surface area contributed by atoms with Crippen molar-refractivity contribution in [1.82, 2.24) is 4.90 Å². The molecule has 2 saturated heterocycles. The summed E-state index contributed by atoms with van der Waals surface area (Å²) in [4.78, 5) is 5.02. The molecule has 2 aromatic rings. The highest BCUT2D eigenvalue weighted by atomic mass is 16.5. The highest BCUT2D eigenvalue weighted by Gasteiger charge is 2.33. The van der Waals surface area contributed by atoms with E-state index in [1.54, 1.807) is 0 Å². The third kappa shape index (κ3) is 3.78. The number of morpholine rings is 1. The minimum Gasteiger partial charge on any atom is -0.398 e. The van der Waals surface area contributed by atoms with Gasteiger partial charge in [0.05, 0.1) is 24.8 Å². The summed E-state index contributed by atoms with van der Waals surface area (Å²) in [6.07, 6.45) is 2.20. The molecule has 27 heavy (non-hydrogen) atoms. The van der Waals surface area contributed by atoms with Crippen molar-refractivity contribution >= 4 is 11.4 Å². The van der Waals surface area contributed by atoms with Gasteiger partial charge in [-0.25, -0.2) is 0 Å². The number of nitriles is 1. The van der Waals surface area contributed by atoms with Crippen LogP contribution in [-0.2, 0) is 4.74 Å². The Hall–Kier alpha value is -2.55. The number of nitrogen functional groups attached to an aromatic ring is 1. The molecule has 0 bridgehead atoms. The third-order valence-electron chi connectivity index (χ3n) is 5.81. The molecule has 2 aliphatic heterocycles. The summed E-state index contributed by atoms with van der Waals surface area (Å²) in [6.45, 7) is 4.68. The molecule has 0 aromatic heterocycles. The van der Waals surface area contributed by atoms with Crippen LogP contribution in [0.4, 0.5) is 11.4 Å². The fraction of sp³-hybridized carbons (Fsp3) is 0.409. The van der Waals surface area contributed by atoms with Crippen LogP contribution in [0.5, 0.6) is 0 Å². The van der Waals surface area contributed by atoms with E-state index in [1.165, 1.54) is 5.56 Å². The van der Waals surface area contributed by atoms with Crippen LogP contribution in [0.1, 0.15) is 30.0 Å². The second kappa shape index (κ2) is 7.99. The van der Waals surface area contributed by atoms with Gasteiger partial charge in [-0.2, -0.15) is 5.26 Å². The molecule has 0 aliphatic carbocycles. The first-order chi connectivity index (χ1) is 13.3. The first-order valence-corrected chi connectivity index (χ1v) is 9.69. The number of hydrogen-bond acceptors (Lipinski definition) is 5. The molecular formula is C22H26N4O. The van der Waals surface area contributed by atoms with Gasteiger partial charge in [-0.05, 0) is 36.6 Å². The van der Waals surface area contributed by atoms with Gasteiger partial charge in [0.25, 0.3) is 0 Å². The van der Waals surface area contributed by atoms with Gasteiger partial charge >= 0.3 is 0 Å². The van der Waals surface area contributed by atoms with Crippen molar-refractivity contribution in [3.63, 3.8) is 0 Å². The van der Waals surface area contributed by atoms with Gasteiger partial charge in [-0.1, -0.05) is 30.3 Å². The predicted octanol–water partition coefficient (Wildman–Crippen LogP) is 3.18. The van der Waals surface area contributed by atoms with Gasteiger partial charge in [-0.15, -0.1) is 0 Å². The molecule has 5 heteroatoms. The highest BCUT2D eigenvalue weighted by molar-refractivity contribution is 5.63. The Kier molecular flexibility index (Phi) is 5.28. The molecule has 0 saturated carbocycles. The number of nitrogens with zero attached hydrogens (tertiary/aromatic N) is 3. The van der Waals surface area contributed by atoms with Gasteiger partial charge in [0.15, 0.2) is 0 Å². The van der Waals surface area contributed by atoms with Crippen molar-refractivity contribution in [3.05, 3.63) is 59.7 Å². The molecule has 0 radical (unpaired) electrons. The SMILES string of the molecule is N#Cc1cc(N2CCC(N3CCOCC3)CC2c2ccccc2)ccc1N. The van der Waals surface area contributed by atoms with Crippen molar-refractivity contribution in [2.75, 3.05) is 43.5 Å². The highest BCUT2D eigenvalue weighted by Crippen LogP contribution is 2.37. The zero-order valence-corrected chi connectivity index (χ0v) is 15.6. The minimum absolute atomic E-state index is 0.294. The van der Waals surface area contributed by atoms with Crippen molar-refractivity contribution in [2.45, 2.75) is 24.9 Å². The average molecular weight is 362 g/mol. The smallest absolute Gasteiger partial charge is 0.101 e. The van der Waals surface area contributed by atoms with Crippen LogP contribution in [0.15, 0.2) is 48.5 Å². The molecule has 2 atom stereocenters. The normalized spacial score (nSPS) is 23.7. The van der Waals surface area contributed by atoms with E-state index in [4.69, 9.17) is 10.5 Å². The summed E-state index contributed by atoms with van der Waals surface area (Å²) in [5.41, 5.74) is 9.43. The molecule has 2 aromatic carbocycles. The lowest BCUT2D eigenvalue weighted by Gasteiger charge is -2.45. The zero-order valence-electron chi connectivity index (χ0n) is 15.6. The molecular weight excluding hydrogens is 336 g/mol. The number of ether oxygens (including phenoxy) is 1. The second-order valence-electron chi connectivity index (χ2n) is 7.33. The lowest BCUT2D eigenvalue weighted by Crippen LogP contribution is -2.50. The van der Waals surface area contributed by atoms with E-state index in [-0.39, 0.29) is 0 Å². The average Bonchev–Trinajstić information content (AvgIpc) is 2.75. The summed E-state index contributed by atoms with van der Waals surface area (Å²) >= 11 is 0. The Balaban J connectivity index is 1.63. The summed E-state index contributed by atoms with van der Waals surface area (Å²) in [6, 6.07) is 19.6. The van der Waals surface area contributed by atoms with Gasteiger partial charge in [0, 0.05) is 37.1 Å². The Morgan fingerprint density at radius 3 is 2.56 bits per heavy atom. The Labute approximate surface area is 160 Å². The van der Waals surface area contributed by atoms with Gasteiger partial charge in [0.1, 0.15) is 6.07 Å². The molecule has 5 nitrogen and oxygen atoms in total. The van der Waals surface area contributed by atoms with E-state index in [1.807, 2.05) is 18.2 Å². The number of piperidine rings is 1. The maximum atomic E-state index is 9.37. The molecule has 2 fully saturated rings. The molecule has 0 spiro atoms. The van der Waals surface area contributed by atoms with Crippen molar-refractivity contribution in [2.24, 2.45) is 0 Å². The van der Waals surface area contributed by atoms with Gasteiger partial charge < -0.3 is 15.4 Å². The van der Waals surface area contributed by atoms with E-state index in [0.717, 1.165) is 51.4 Å².